The van der Waals surface area contributed by atoms with Crippen molar-refractivity contribution in [3.8, 4) is 34.0 Å². The fourth-order valence-corrected chi connectivity index (χ4v) is 4.43. The number of fused-ring (bicyclic) bond motifs is 1. The summed E-state index contributed by atoms with van der Waals surface area (Å²) in [5.41, 5.74) is 2.85. The largest absolute Gasteiger partial charge is 0.481 e. The number of benzene rings is 3. The van der Waals surface area contributed by atoms with Gasteiger partial charge in [0, 0.05) is 30.8 Å². The van der Waals surface area contributed by atoms with Crippen LogP contribution in [0.5, 0.6) is 0 Å². The quantitative estimate of drug-likeness (QED) is 0.359. The van der Waals surface area contributed by atoms with Crippen LogP contribution in [0.25, 0.3) is 34.0 Å². The van der Waals surface area contributed by atoms with Crippen LogP contribution in [0.3, 0.4) is 0 Å². The molecular weight excluding hydrogens is 471 g/mol. The van der Waals surface area contributed by atoms with E-state index in [9.17, 15) is 18.0 Å². The summed E-state index contributed by atoms with van der Waals surface area (Å²) in [6, 6.07) is 18.1. The Hall–Kier alpha value is -3.98. The van der Waals surface area contributed by atoms with E-state index in [2.05, 4.69) is 15.1 Å². The van der Waals surface area contributed by atoms with Gasteiger partial charge in [0.1, 0.15) is 0 Å². The first-order valence-corrected chi connectivity index (χ1v) is 11.4. The molecule has 0 bridgehead atoms. The molecule has 0 atom stereocenters. The summed E-state index contributed by atoms with van der Waals surface area (Å²) in [6.07, 6.45) is -3.71. The van der Waals surface area contributed by atoms with Gasteiger partial charge in [0.2, 0.25) is 11.8 Å². The molecule has 0 radical (unpaired) electrons. The van der Waals surface area contributed by atoms with Gasteiger partial charge in [0.15, 0.2) is 0 Å². The molecule has 1 aromatic heterocycles. The molecule has 0 saturated carbocycles. The van der Waals surface area contributed by atoms with Crippen molar-refractivity contribution in [1.82, 2.24) is 15.1 Å². The highest BCUT2D eigenvalue weighted by Gasteiger charge is 2.34. The number of halogens is 3. The van der Waals surface area contributed by atoms with Crippen LogP contribution in [0, 0.1) is 0 Å². The Morgan fingerprint density at radius 2 is 1.61 bits per heavy atom. The molecule has 9 heteroatoms. The van der Waals surface area contributed by atoms with Crippen LogP contribution in [0.15, 0.2) is 71.1 Å². The van der Waals surface area contributed by atoms with Crippen molar-refractivity contribution in [2.45, 2.75) is 25.6 Å². The lowest BCUT2D eigenvalue weighted by molar-refractivity contribution is -0.138. The minimum absolute atomic E-state index is 0.00711. The van der Waals surface area contributed by atoms with Gasteiger partial charge in [-0.15, -0.1) is 10.2 Å². The summed E-state index contributed by atoms with van der Waals surface area (Å²) in [5.74, 6) is -0.588. The zero-order valence-electron chi connectivity index (χ0n) is 19.1. The van der Waals surface area contributed by atoms with Gasteiger partial charge >= 0.3 is 12.1 Å². The van der Waals surface area contributed by atoms with E-state index < -0.39 is 17.7 Å². The number of aromatic nitrogens is 2. The van der Waals surface area contributed by atoms with E-state index in [4.69, 9.17) is 9.52 Å². The van der Waals surface area contributed by atoms with Crippen LogP contribution >= 0.6 is 0 Å². The van der Waals surface area contributed by atoms with Crippen LogP contribution in [0.2, 0.25) is 0 Å². The lowest BCUT2D eigenvalue weighted by Gasteiger charge is -2.28. The second-order valence-corrected chi connectivity index (χ2v) is 8.69. The van der Waals surface area contributed by atoms with Crippen molar-refractivity contribution >= 4 is 5.97 Å². The average Bonchev–Trinajstić information content (AvgIpc) is 3.37. The second-order valence-electron chi connectivity index (χ2n) is 8.69. The first kappa shape index (κ1) is 23.7. The molecule has 0 amide bonds. The summed E-state index contributed by atoms with van der Waals surface area (Å²) in [4.78, 5) is 12.9. The van der Waals surface area contributed by atoms with Crippen LogP contribution in [-0.2, 0) is 23.9 Å². The number of alkyl halides is 3. The maximum Gasteiger partial charge on any atom is 0.417 e. The maximum absolute atomic E-state index is 13.9. The molecule has 2 heterocycles. The third-order valence-corrected chi connectivity index (χ3v) is 6.27. The van der Waals surface area contributed by atoms with Crippen LogP contribution in [0.1, 0.15) is 23.1 Å². The fourth-order valence-electron chi connectivity index (χ4n) is 4.43. The highest BCUT2D eigenvalue weighted by Crippen LogP contribution is 2.39. The van der Waals surface area contributed by atoms with Gasteiger partial charge in [-0.1, -0.05) is 42.5 Å². The Bertz CT molecular complexity index is 1400. The van der Waals surface area contributed by atoms with Crippen molar-refractivity contribution in [1.29, 1.82) is 0 Å². The first-order valence-electron chi connectivity index (χ1n) is 11.4. The smallest absolute Gasteiger partial charge is 0.417 e. The number of aliphatic carboxylic acids is 1. The Balaban J connectivity index is 1.40. The first-order chi connectivity index (χ1) is 17.3. The van der Waals surface area contributed by atoms with Gasteiger partial charge in [-0.05, 0) is 52.9 Å². The Labute approximate surface area is 205 Å². The second kappa shape index (κ2) is 9.58. The standard InChI is InChI=1S/C27H22F3N3O3/c28-27(29,30)23-15-20(8-9-22(23)17-4-2-1-3-5-17)26-32-31-25(36-26)19-6-7-21-16-33(13-11-24(34)35)12-10-18(21)14-19/h1-9,14-15H,10-13,16H2,(H,34,35). The number of hydrogen-bond acceptors (Lipinski definition) is 5. The average molecular weight is 493 g/mol. The molecule has 6 nitrogen and oxygen atoms in total. The predicted molar refractivity (Wildman–Crippen MR) is 127 cm³/mol. The Morgan fingerprint density at radius 3 is 2.31 bits per heavy atom. The lowest BCUT2D eigenvalue weighted by Crippen LogP contribution is -2.32. The number of nitrogens with zero attached hydrogens (tertiary/aromatic N) is 3. The van der Waals surface area contributed by atoms with Gasteiger partial charge in [-0.25, -0.2) is 0 Å². The molecular formula is C27H22F3N3O3. The number of carbonyl (C=O) groups is 1. The summed E-state index contributed by atoms with van der Waals surface area (Å²) in [7, 11) is 0. The predicted octanol–water partition coefficient (Wildman–Crippen LogP) is 5.92. The summed E-state index contributed by atoms with van der Waals surface area (Å²) < 4.78 is 47.4. The van der Waals surface area contributed by atoms with Gasteiger partial charge in [-0.3, -0.25) is 9.69 Å². The van der Waals surface area contributed by atoms with Crippen LogP contribution in [0.4, 0.5) is 13.2 Å². The zero-order valence-corrected chi connectivity index (χ0v) is 19.1. The fraction of sp³-hybridized carbons (Fsp3) is 0.222. The molecule has 3 aromatic carbocycles. The van der Waals surface area contributed by atoms with Gasteiger partial charge in [0.25, 0.3) is 0 Å². The molecule has 0 spiro atoms. The molecule has 1 aliphatic rings. The van der Waals surface area contributed by atoms with Crippen molar-refractivity contribution in [2.75, 3.05) is 13.1 Å². The number of carboxylic acids is 1. The van der Waals surface area contributed by atoms with Gasteiger partial charge in [0.05, 0.1) is 12.0 Å². The topological polar surface area (TPSA) is 79.5 Å². The molecule has 0 unspecified atom stereocenters. The molecule has 0 saturated heterocycles. The summed E-state index contributed by atoms with van der Waals surface area (Å²) in [5, 5.41) is 17.0. The lowest BCUT2D eigenvalue weighted by atomic mass is 9.97. The normalized spacial score (nSPS) is 14.0. The van der Waals surface area contributed by atoms with Crippen molar-refractivity contribution in [3.05, 3.63) is 83.4 Å². The van der Waals surface area contributed by atoms with Gasteiger partial charge in [-0.2, -0.15) is 13.2 Å². The molecule has 36 heavy (non-hydrogen) atoms. The molecule has 5 rings (SSSR count). The maximum atomic E-state index is 13.9. The monoisotopic (exact) mass is 493 g/mol. The molecule has 184 valence electrons. The Kier molecular flexibility index (Phi) is 6.32. The minimum atomic E-state index is -4.55. The SMILES string of the molecule is O=C(O)CCN1CCc2cc(-c3nnc(-c4ccc(-c5ccccc5)c(C(F)(F)F)c4)o3)ccc2C1. The van der Waals surface area contributed by atoms with E-state index in [0.29, 0.717) is 24.2 Å². The van der Waals surface area contributed by atoms with E-state index in [-0.39, 0.29) is 29.3 Å². The number of hydrogen-bond donors (Lipinski definition) is 1. The van der Waals surface area contributed by atoms with Crippen molar-refractivity contribution in [2.24, 2.45) is 0 Å². The summed E-state index contributed by atoms with van der Waals surface area (Å²) in [6.45, 7) is 1.89. The van der Waals surface area contributed by atoms with Crippen molar-refractivity contribution < 1.29 is 27.5 Å². The third-order valence-electron chi connectivity index (χ3n) is 6.27. The molecule has 4 aromatic rings. The zero-order chi connectivity index (χ0) is 25.3. The molecule has 1 aliphatic heterocycles. The Morgan fingerprint density at radius 1 is 0.917 bits per heavy atom. The van der Waals surface area contributed by atoms with Gasteiger partial charge < -0.3 is 9.52 Å². The number of rotatable bonds is 6. The van der Waals surface area contributed by atoms with Crippen LogP contribution in [-0.4, -0.2) is 39.3 Å². The molecule has 0 aliphatic carbocycles. The highest BCUT2D eigenvalue weighted by molar-refractivity contribution is 5.72. The van der Waals surface area contributed by atoms with Crippen LogP contribution < -0.4 is 0 Å². The minimum Gasteiger partial charge on any atom is -0.481 e. The molecule has 1 N–H and O–H groups in total. The third kappa shape index (κ3) is 5.01. The summed E-state index contributed by atoms with van der Waals surface area (Å²) >= 11 is 0. The highest BCUT2D eigenvalue weighted by atomic mass is 19.4. The van der Waals surface area contributed by atoms with E-state index >= 15 is 0 Å². The molecule has 0 fully saturated rings. The van der Waals surface area contributed by atoms with Crippen molar-refractivity contribution in [3.63, 3.8) is 0 Å². The van der Waals surface area contributed by atoms with E-state index in [1.807, 2.05) is 18.2 Å². The number of carboxylic acid groups (broad SMARTS) is 1. The van der Waals surface area contributed by atoms with E-state index in [0.717, 1.165) is 30.2 Å². The van der Waals surface area contributed by atoms with E-state index in [1.165, 1.54) is 6.07 Å². The van der Waals surface area contributed by atoms with E-state index in [1.54, 1.807) is 36.4 Å².